The van der Waals surface area contributed by atoms with Crippen LogP contribution in [0, 0.1) is 12.8 Å². The zero-order valence-corrected chi connectivity index (χ0v) is 12.5. The van der Waals surface area contributed by atoms with Gasteiger partial charge in [-0.15, -0.1) is 0 Å². The zero-order valence-electron chi connectivity index (χ0n) is 12.5. The van der Waals surface area contributed by atoms with Crippen molar-refractivity contribution in [3.8, 4) is 0 Å². The Labute approximate surface area is 133 Å². The monoisotopic (exact) mass is 306 g/mol. The summed E-state index contributed by atoms with van der Waals surface area (Å²) in [5, 5.41) is 0. The van der Waals surface area contributed by atoms with Crippen molar-refractivity contribution < 1.29 is 19.2 Å². The van der Waals surface area contributed by atoms with E-state index in [9.17, 15) is 19.2 Å². The maximum Gasteiger partial charge on any atom is 0.230 e. The second-order valence-electron chi connectivity index (χ2n) is 5.65. The molecule has 2 aromatic carbocycles. The fraction of sp³-hybridized carbons (Fsp3) is 0.158. The predicted molar refractivity (Wildman–Crippen MR) is 83.7 cm³/mol. The largest absolute Gasteiger partial charge is 0.294 e. The van der Waals surface area contributed by atoms with Crippen LogP contribution in [-0.4, -0.2) is 23.1 Å². The fourth-order valence-electron chi connectivity index (χ4n) is 2.72. The Morgan fingerprint density at radius 1 is 0.870 bits per heavy atom. The van der Waals surface area contributed by atoms with Crippen molar-refractivity contribution >= 4 is 23.1 Å². The summed E-state index contributed by atoms with van der Waals surface area (Å²) in [4.78, 5) is 49.1. The van der Waals surface area contributed by atoms with Gasteiger partial charge in [0.15, 0.2) is 11.6 Å². The third-order valence-electron chi connectivity index (χ3n) is 4.06. The van der Waals surface area contributed by atoms with Gasteiger partial charge in [-0.1, -0.05) is 54.1 Å². The summed E-state index contributed by atoms with van der Waals surface area (Å²) in [7, 11) is 0. The molecule has 2 aromatic rings. The number of benzene rings is 2. The Bertz CT molecular complexity index is 831. The molecule has 1 unspecified atom stereocenters. The summed E-state index contributed by atoms with van der Waals surface area (Å²) in [6.45, 7) is 1.90. The van der Waals surface area contributed by atoms with Gasteiger partial charge in [0.1, 0.15) is 0 Å². The van der Waals surface area contributed by atoms with Crippen molar-refractivity contribution in [2.24, 2.45) is 5.92 Å². The molecule has 0 saturated heterocycles. The molecule has 1 aliphatic rings. The van der Waals surface area contributed by atoms with Crippen molar-refractivity contribution in [3.63, 3.8) is 0 Å². The topological polar surface area (TPSA) is 68.3 Å². The zero-order chi connectivity index (χ0) is 16.6. The van der Waals surface area contributed by atoms with E-state index in [-0.39, 0.29) is 23.3 Å². The number of rotatable bonds is 3. The van der Waals surface area contributed by atoms with E-state index >= 15 is 0 Å². The average molecular weight is 306 g/mol. The van der Waals surface area contributed by atoms with E-state index in [2.05, 4.69) is 0 Å². The summed E-state index contributed by atoms with van der Waals surface area (Å²) < 4.78 is 0. The van der Waals surface area contributed by atoms with Crippen LogP contribution in [0.25, 0.3) is 0 Å². The SMILES string of the molecule is Cc1ccc(C(=O)CC2C(=O)C(=O)c3ccccc3C2=O)cc1. The van der Waals surface area contributed by atoms with Gasteiger partial charge in [-0.25, -0.2) is 0 Å². The van der Waals surface area contributed by atoms with Crippen LogP contribution in [0.4, 0.5) is 0 Å². The van der Waals surface area contributed by atoms with E-state index in [4.69, 9.17) is 0 Å². The Kier molecular flexibility index (Phi) is 3.74. The molecule has 0 fully saturated rings. The van der Waals surface area contributed by atoms with Gasteiger partial charge in [-0.3, -0.25) is 19.2 Å². The quantitative estimate of drug-likeness (QED) is 0.497. The third-order valence-corrected chi connectivity index (χ3v) is 4.06. The van der Waals surface area contributed by atoms with Crippen molar-refractivity contribution in [1.29, 1.82) is 0 Å². The molecule has 0 amide bonds. The van der Waals surface area contributed by atoms with E-state index in [1.807, 2.05) is 6.92 Å². The first-order valence-electron chi connectivity index (χ1n) is 7.30. The van der Waals surface area contributed by atoms with Crippen molar-refractivity contribution in [3.05, 3.63) is 70.8 Å². The average Bonchev–Trinajstić information content (AvgIpc) is 2.57. The number of hydrogen-bond acceptors (Lipinski definition) is 4. The highest BCUT2D eigenvalue weighted by Gasteiger charge is 2.40. The highest BCUT2D eigenvalue weighted by atomic mass is 16.2. The summed E-state index contributed by atoms with van der Waals surface area (Å²) in [6.07, 6.45) is -0.277. The van der Waals surface area contributed by atoms with Gasteiger partial charge in [0.25, 0.3) is 0 Å². The molecular weight excluding hydrogens is 292 g/mol. The Morgan fingerprint density at radius 3 is 2.13 bits per heavy atom. The van der Waals surface area contributed by atoms with Crippen LogP contribution in [0.1, 0.15) is 43.1 Å². The van der Waals surface area contributed by atoms with E-state index < -0.39 is 23.3 Å². The normalized spacial score (nSPS) is 17.1. The summed E-state index contributed by atoms with van der Waals surface area (Å²) in [5.41, 5.74) is 1.79. The molecule has 0 spiro atoms. The maximum atomic E-state index is 12.5. The first-order chi connectivity index (χ1) is 11.0. The number of hydrogen-bond donors (Lipinski definition) is 0. The molecule has 0 aromatic heterocycles. The molecule has 4 nitrogen and oxygen atoms in total. The van der Waals surface area contributed by atoms with Crippen LogP contribution >= 0.6 is 0 Å². The lowest BCUT2D eigenvalue weighted by atomic mass is 9.78. The molecule has 0 aliphatic heterocycles. The van der Waals surface area contributed by atoms with Crippen molar-refractivity contribution in [2.45, 2.75) is 13.3 Å². The molecule has 3 rings (SSSR count). The Hall–Kier alpha value is -2.88. The Balaban J connectivity index is 1.90. The number of aryl methyl sites for hydroxylation is 1. The molecule has 114 valence electrons. The second-order valence-corrected chi connectivity index (χ2v) is 5.65. The smallest absolute Gasteiger partial charge is 0.230 e. The van der Waals surface area contributed by atoms with Crippen molar-refractivity contribution in [1.82, 2.24) is 0 Å². The fourth-order valence-corrected chi connectivity index (χ4v) is 2.72. The summed E-state index contributed by atoms with van der Waals surface area (Å²) in [5.74, 6) is -3.48. The molecule has 1 atom stereocenters. The van der Waals surface area contributed by atoms with E-state index in [0.29, 0.717) is 5.56 Å². The summed E-state index contributed by atoms with van der Waals surface area (Å²) in [6, 6.07) is 13.1. The van der Waals surface area contributed by atoms with Gasteiger partial charge in [0.05, 0.1) is 5.92 Å². The lowest BCUT2D eigenvalue weighted by Gasteiger charge is -2.20. The molecule has 0 heterocycles. The Morgan fingerprint density at radius 2 is 1.48 bits per heavy atom. The molecule has 0 saturated carbocycles. The summed E-state index contributed by atoms with van der Waals surface area (Å²) >= 11 is 0. The van der Waals surface area contributed by atoms with Gasteiger partial charge in [-0.05, 0) is 6.92 Å². The molecule has 23 heavy (non-hydrogen) atoms. The maximum absolute atomic E-state index is 12.5. The number of carbonyl (C=O) groups is 4. The minimum Gasteiger partial charge on any atom is -0.294 e. The van der Waals surface area contributed by atoms with Gasteiger partial charge in [0, 0.05) is 23.1 Å². The number of carbonyl (C=O) groups excluding carboxylic acids is 4. The number of ketones is 4. The molecule has 0 radical (unpaired) electrons. The van der Waals surface area contributed by atoms with Crippen LogP contribution in [0.2, 0.25) is 0 Å². The van der Waals surface area contributed by atoms with Gasteiger partial charge in [0.2, 0.25) is 11.6 Å². The first kappa shape index (κ1) is 15.0. The molecule has 0 bridgehead atoms. The van der Waals surface area contributed by atoms with Crippen LogP contribution < -0.4 is 0 Å². The third kappa shape index (κ3) is 2.63. The van der Waals surface area contributed by atoms with Crippen LogP contribution in [0.15, 0.2) is 48.5 Å². The first-order valence-corrected chi connectivity index (χ1v) is 7.30. The lowest BCUT2D eigenvalue weighted by molar-refractivity contribution is -0.117. The van der Waals surface area contributed by atoms with Gasteiger partial charge in [-0.2, -0.15) is 0 Å². The molecule has 4 heteroatoms. The lowest BCUT2D eigenvalue weighted by Crippen LogP contribution is -2.38. The highest BCUT2D eigenvalue weighted by Crippen LogP contribution is 2.26. The van der Waals surface area contributed by atoms with Gasteiger partial charge >= 0.3 is 0 Å². The second kappa shape index (κ2) is 5.72. The molecular formula is C19H14O4. The standard InChI is InChI=1S/C19H14O4/c1-11-6-8-12(9-7-11)16(20)10-15-17(21)13-4-2-3-5-14(13)18(22)19(15)23/h2-9,15H,10H2,1H3. The number of Topliss-reactive ketones (excluding diaryl/α,β-unsaturated/α-hetero) is 4. The van der Waals surface area contributed by atoms with E-state index in [1.165, 1.54) is 12.1 Å². The van der Waals surface area contributed by atoms with E-state index in [1.54, 1.807) is 36.4 Å². The van der Waals surface area contributed by atoms with E-state index in [0.717, 1.165) is 5.56 Å². The molecule has 0 N–H and O–H groups in total. The van der Waals surface area contributed by atoms with Crippen LogP contribution in [-0.2, 0) is 4.79 Å². The number of fused-ring (bicyclic) bond motifs is 1. The van der Waals surface area contributed by atoms with Crippen LogP contribution in [0.5, 0.6) is 0 Å². The molecule has 1 aliphatic carbocycles. The predicted octanol–water partition coefficient (Wildman–Crippen LogP) is 2.83. The minimum absolute atomic E-state index is 0.126. The van der Waals surface area contributed by atoms with Gasteiger partial charge < -0.3 is 0 Å². The van der Waals surface area contributed by atoms with Crippen LogP contribution in [0.3, 0.4) is 0 Å². The highest BCUT2D eigenvalue weighted by molar-refractivity contribution is 6.52. The minimum atomic E-state index is -1.22. The van der Waals surface area contributed by atoms with Crippen molar-refractivity contribution in [2.75, 3.05) is 0 Å².